The van der Waals surface area contributed by atoms with Crippen LogP contribution in [0, 0.1) is 6.92 Å². The number of hydrogen-bond acceptors (Lipinski definition) is 8. The van der Waals surface area contributed by atoms with Crippen LogP contribution in [0.2, 0.25) is 0 Å². The summed E-state index contributed by atoms with van der Waals surface area (Å²) in [6.07, 6.45) is 0. The molecule has 1 aliphatic heterocycles. The molecule has 0 unspecified atom stereocenters. The first kappa shape index (κ1) is 17.5. The van der Waals surface area contributed by atoms with Crippen molar-refractivity contribution in [2.75, 3.05) is 38.0 Å². The van der Waals surface area contributed by atoms with Gasteiger partial charge >= 0.3 is 0 Å². The summed E-state index contributed by atoms with van der Waals surface area (Å²) in [6, 6.07) is 5.66. The van der Waals surface area contributed by atoms with Gasteiger partial charge in [-0.25, -0.2) is 4.98 Å². The molecule has 1 fully saturated rings. The minimum atomic E-state index is -0.00549. The lowest BCUT2D eigenvalue weighted by molar-refractivity contribution is -0.117. The number of carbonyl (C=O) groups excluding carboxylic acids is 1. The van der Waals surface area contributed by atoms with Crippen molar-refractivity contribution in [1.29, 1.82) is 0 Å². The van der Waals surface area contributed by atoms with E-state index in [1.807, 2.05) is 25.1 Å². The van der Waals surface area contributed by atoms with Crippen LogP contribution in [0.4, 0.5) is 5.69 Å². The third-order valence-corrected chi connectivity index (χ3v) is 5.81. The molecule has 0 aliphatic carbocycles. The van der Waals surface area contributed by atoms with Gasteiger partial charge in [0.25, 0.3) is 0 Å². The number of benzene rings is 1. The third-order valence-electron chi connectivity index (χ3n) is 4.44. The summed E-state index contributed by atoms with van der Waals surface area (Å²) in [6.45, 7) is 7.01. The molecule has 1 aromatic carbocycles. The topological polar surface area (TPSA) is 74.2 Å². The number of nitrogens with zero attached hydrogens (tertiary/aromatic N) is 5. The number of aryl methyl sites for hydroxylation is 1. The van der Waals surface area contributed by atoms with Crippen molar-refractivity contribution in [3.63, 3.8) is 0 Å². The van der Waals surface area contributed by atoms with Crippen molar-refractivity contribution >= 4 is 45.7 Å². The van der Waals surface area contributed by atoms with Gasteiger partial charge in [-0.1, -0.05) is 6.07 Å². The van der Waals surface area contributed by atoms with Gasteiger partial charge in [-0.3, -0.25) is 14.6 Å². The SMILES string of the molecule is Cc1nc(CN2CCN(CC(=O)Nc3cccc4nsnc34)CC2)cs1. The van der Waals surface area contributed by atoms with Crippen molar-refractivity contribution in [2.24, 2.45) is 0 Å². The molecule has 2 aromatic heterocycles. The van der Waals surface area contributed by atoms with E-state index < -0.39 is 0 Å². The first-order valence-electron chi connectivity index (χ1n) is 8.54. The maximum absolute atomic E-state index is 12.4. The highest BCUT2D eigenvalue weighted by Gasteiger charge is 2.20. The second-order valence-electron chi connectivity index (χ2n) is 6.40. The van der Waals surface area contributed by atoms with Crippen LogP contribution < -0.4 is 5.32 Å². The summed E-state index contributed by atoms with van der Waals surface area (Å²) >= 11 is 2.85. The summed E-state index contributed by atoms with van der Waals surface area (Å²) in [4.78, 5) is 21.5. The van der Waals surface area contributed by atoms with Crippen molar-refractivity contribution in [1.82, 2.24) is 23.5 Å². The van der Waals surface area contributed by atoms with Crippen molar-refractivity contribution < 1.29 is 4.79 Å². The zero-order valence-corrected chi connectivity index (χ0v) is 16.1. The van der Waals surface area contributed by atoms with Gasteiger partial charge in [0.15, 0.2) is 0 Å². The van der Waals surface area contributed by atoms with Crippen LogP contribution in [0.25, 0.3) is 11.0 Å². The van der Waals surface area contributed by atoms with Gasteiger partial charge in [-0.15, -0.1) is 11.3 Å². The average molecular weight is 389 g/mol. The molecule has 4 rings (SSSR count). The number of carbonyl (C=O) groups is 1. The normalized spacial score (nSPS) is 16.2. The molecular formula is C17H20N6OS2. The highest BCUT2D eigenvalue weighted by atomic mass is 32.1. The molecule has 7 nitrogen and oxygen atoms in total. The first-order chi connectivity index (χ1) is 12.7. The fourth-order valence-electron chi connectivity index (χ4n) is 3.12. The number of piperazine rings is 1. The second-order valence-corrected chi connectivity index (χ2v) is 7.99. The number of aromatic nitrogens is 3. The van der Waals surface area contributed by atoms with Gasteiger partial charge < -0.3 is 5.32 Å². The summed E-state index contributed by atoms with van der Waals surface area (Å²) in [5.74, 6) is -0.00549. The molecule has 9 heteroatoms. The van der Waals surface area contributed by atoms with E-state index in [-0.39, 0.29) is 5.91 Å². The highest BCUT2D eigenvalue weighted by molar-refractivity contribution is 7.09. The Morgan fingerprint density at radius 2 is 2.00 bits per heavy atom. The fraction of sp³-hybridized carbons (Fsp3) is 0.412. The molecule has 3 aromatic rings. The highest BCUT2D eigenvalue weighted by Crippen LogP contribution is 2.21. The van der Waals surface area contributed by atoms with E-state index in [9.17, 15) is 4.79 Å². The lowest BCUT2D eigenvalue weighted by atomic mass is 10.2. The number of amides is 1. The van der Waals surface area contributed by atoms with E-state index in [0.29, 0.717) is 6.54 Å². The number of nitrogens with one attached hydrogen (secondary N) is 1. The lowest BCUT2D eigenvalue weighted by Crippen LogP contribution is -2.48. The maximum Gasteiger partial charge on any atom is 0.238 e. The quantitative estimate of drug-likeness (QED) is 0.722. The molecule has 26 heavy (non-hydrogen) atoms. The number of rotatable bonds is 5. The monoisotopic (exact) mass is 388 g/mol. The molecule has 1 aliphatic rings. The van der Waals surface area contributed by atoms with E-state index in [1.165, 1.54) is 0 Å². The van der Waals surface area contributed by atoms with E-state index in [1.54, 1.807) is 11.3 Å². The summed E-state index contributed by atoms with van der Waals surface area (Å²) in [5, 5.41) is 6.21. The zero-order chi connectivity index (χ0) is 17.9. The van der Waals surface area contributed by atoms with Crippen LogP contribution in [0.1, 0.15) is 10.7 Å². The standard InChI is InChI=1S/C17H20N6OS2/c1-12-18-13(11-25-12)9-22-5-7-23(8-6-22)10-16(24)19-14-3-2-4-15-17(14)21-26-20-15/h2-4,11H,5-10H2,1H3,(H,19,24). The van der Waals surface area contributed by atoms with E-state index in [4.69, 9.17) is 0 Å². The Bertz CT molecular complexity index is 899. The number of thiazole rings is 1. The Hall–Kier alpha value is -1.94. The average Bonchev–Trinajstić information content (AvgIpc) is 3.26. The van der Waals surface area contributed by atoms with Gasteiger partial charge in [-0.2, -0.15) is 8.75 Å². The molecular weight excluding hydrogens is 368 g/mol. The predicted molar refractivity (Wildman–Crippen MR) is 105 cm³/mol. The van der Waals surface area contributed by atoms with Crippen molar-refractivity contribution in [2.45, 2.75) is 13.5 Å². The van der Waals surface area contributed by atoms with Gasteiger partial charge in [0.2, 0.25) is 5.91 Å². The second kappa shape index (κ2) is 7.75. The minimum Gasteiger partial charge on any atom is -0.323 e. The first-order valence-corrected chi connectivity index (χ1v) is 10.2. The number of anilines is 1. The Kier molecular flexibility index (Phi) is 5.21. The molecule has 1 N–H and O–H groups in total. The van der Waals surface area contributed by atoms with Crippen LogP contribution >= 0.6 is 23.1 Å². The Labute approximate surface area is 160 Å². The molecule has 0 spiro atoms. The molecule has 0 radical (unpaired) electrons. The summed E-state index contributed by atoms with van der Waals surface area (Å²) < 4.78 is 8.47. The van der Waals surface area contributed by atoms with Crippen molar-refractivity contribution in [3.8, 4) is 0 Å². The Balaban J connectivity index is 1.27. The lowest BCUT2D eigenvalue weighted by Gasteiger charge is -2.33. The van der Waals surface area contributed by atoms with Crippen LogP contribution in [-0.2, 0) is 11.3 Å². The number of hydrogen-bond donors (Lipinski definition) is 1. The Morgan fingerprint density at radius 3 is 2.77 bits per heavy atom. The van der Waals surface area contributed by atoms with Crippen molar-refractivity contribution in [3.05, 3.63) is 34.3 Å². The molecule has 0 saturated carbocycles. The summed E-state index contributed by atoms with van der Waals surface area (Å²) in [5.41, 5.74) is 3.45. The fourth-order valence-corrected chi connectivity index (χ4v) is 4.27. The van der Waals surface area contributed by atoms with E-state index >= 15 is 0 Å². The molecule has 3 heterocycles. The van der Waals surface area contributed by atoms with Crippen LogP contribution in [-0.4, -0.2) is 62.2 Å². The van der Waals surface area contributed by atoms with Crippen LogP contribution in [0.5, 0.6) is 0 Å². The van der Waals surface area contributed by atoms with E-state index in [0.717, 1.165) is 71.9 Å². The molecule has 1 amide bonds. The smallest absolute Gasteiger partial charge is 0.238 e. The van der Waals surface area contributed by atoms with Crippen LogP contribution in [0.3, 0.4) is 0 Å². The number of fused-ring (bicyclic) bond motifs is 1. The Morgan fingerprint density at radius 1 is 1.19 bits per heavy atom. The maximum atomic E-state index is 12.4. The molecule has 1 saturated heterocycles. The summed E-state index contributed by atoms with van der Waals surface area (Å²) in [7, 11) is 0. The van der Waals surface area contributed by atoms with Gasteiger partial charge in [-0.05, 0) is 19.1 Å². The molecule has 0 bridgehead atoms. The van der Waals surface area contributed by atoms with Crippen LogP contribution in [0.15, 0.2) is 23.6 Å². The van der Waals surface area contributed by atoms with Gasteiger partial charge in [0, 0.05) is 38.1 Å². The largest absolute Gasteiger partial charge is 0.323 e. The zero-order valence-electron chi connectivity index (χ0n) is 14.5. The van der Waals surface area contributed by atoms with Gasteiger partial charge in [0.05, 0.1) is 34.7 Å². The van der Waals surface area contributed by atoms with Gasteiger partial charge in [0.1, 0.15) is 11.0 Å². The predicted octanol–water partition coefficient (Wildman–Crippen LogP) is 2.21. The molecule has 0 atom stereocenters. The molecule has 136 valence electrons. The minimum absolute atomic E-state index is 0.00549. The third kappa shape index (κ3) is 4.07. The van der Waals surface area contributed by atoms with E-state index in [2.05, 4.69) is 34.2 Å².